The van der Waals surface area contributed by atoms with Crippen molar-refractivity contribution in [3.63, 3.8) is 0 Å². The second kappa shape index (κ2) is 18.0. The second-order valence-corrected chi connectivity index (χ2v) is 2.97. The first-order valence-corrected chi connectivity index (χ1v) is 4.71. The predicted molar refractivity (Wildman–Crippen MR) is 48.0 cm³/mol. The molecule has 0 aromatic heterocycles. The zero-order valence-corrected chi connectivity index (χ0v) is 13.0. The fourth-order valence-electron chi connectivity index (χ4n) is 1.13. The minimum absolute atomic E-state index is 0. The van der Waals surface area contributed by atoms with Crippen LogP contribution in [-0.4, -0.2) is 0 Å². The molecular formula is C10H21BrZn-. The van der Waals surface area contributed by atoms with Crippen molar-refractivity contribution in [3.8, 4) is 0 Å². The molecular weight excluding hydrogens is 265 g/mol. The monoisotopic (exact) mass is 284 g/mol. The van der Waals surface area contributed by atoms with Crippen molar-refractivity contribution >= 4 is 0 Å². The Bertz CT molecular complexity index is 49.8. The van der Waals surface area contributed by atoms with Gasteiger partial charge in [0.2, 0.25) is 0 Å². The van der Waals surface area contributed by atoms with E-state index in [9.17, 15) is 0 Å². The van der Waals surface area contributed by atoms with E-state index in [-0.39, 0.29) is 36.5 Å². The first kappa shape index (κ1) is 18.8. The predicted octanol–water partition coefficient (Wildman–Crippen LogP) is 0.963. The Morgan fingerprint density at radius 2 is 1.25 bits per heavy atom. The third kappa shape index (κ3) is 17.3. The number of unbranched alkanes of at least 4 members (excludes halogenated alkanes) is 7. The minimum Gasteiger partial charge on any atom is -1.00 e. The van der Waals surface area contributed by atoms with Crippen LogP contribution in [0.5, 0.6) is 0 Å². The average molecular weight is 287 g/mol. The molecule has 0 saturated heterocycles. The molecule has 0 amide bonds. The zero-order valence-electron chi connectivity index (χ0n) is 8.45. The Morgan fingerprint density at radius 3 is 1.67 bits per heavy atom. The summed E-state index contributed by atoms with van der Waals surface area (Å²) in [5.74, 6) is 0. The van der Waals surface area contributed by atoms with Gasteiger partial charge in [-0.05, 0) is 0 Å². The summed E-state index contributed by atoms with van der Waals surface area (Å²) in [7, 11) is 0. The van der Waals surface area contributed by atoms with E-state index in [1.54, 1.807) is 0 Å². The van der Waals surface area contributed by atoms with Gasteiger partial charge in [-0.25, -0.2) is 0 Å². The molecule has 71 valence electrons. The van der Waals surface area contributed by atoms with Gasteiger partial charge in [0.05, 0.1) is 0 Å². The summed E-state index contributed by atoms with van der Waals surface area (Å²) >= 11 is 0. The van der Waals surface area contributed by atoms with Crippen molar-refractivity contribution in [2.75, 3.05) is 0 Å². The van der Waals surface area contributed by atoms with Gasteiger partial charge in [-0.1, -0.05) is 65.2 Å². The summed E-state index contributed by atoms with van der Waals surface area (Å²) in [4.78, 5) is 0. The molecule has 0 nitrogen and oxygen atoms in total. The van der Waals surface area contributed by atoms with Crippen LogP contribution in [0.2, 0.25) is 0 Å². The number of halogens is 1. The summed E-state index contributed by atoms with van der Waals surface area (Å²) in [5, 5.41) is 0. The third-order valence-electron chi connectivity index (χ3n) is 1.85. The van der Waals surface area contributed by atoms with E-state index in [4.69, 9.17) is 0 Å². The first-order valence-electron chi connectivity index (χ1n) is 4.71. The van der Waals surface area contributed by atoms with E-state index in [0.29, 0.717) is 0 Å². The molecule has 0 N–H and O–H groups in total. The van der Waals surface area contributed by atoms with Gasteiger partial charge < -0.3 is 17.0 Å². The van der Waals surface area contributed by atoms with Crippen molar-refractivity contribution in [2.45, 2.75) is 58.3 Å². The van der Waals surface area contributed by atoms with E-state index in [1.165, 1.54) is 44.9 Å². The maximum Gasteiger partial charge on any atom is 0 e. The molecule has 0 unspecified atom stereocenters. The molecule has 0 aliphatic carbocycles. The quantitative estimate of drug-likeness (QED) is 0.483. The standard InChI is InChI=1S/C10H21.BrH.Zn/c1-3-5-7-9-10-8-6-4-2;;/h1,3-10H2,2H3;1H;/p-1. The molecule has 0 saturated carbocycles. The molecule has 0 heterocycles. The Hall–Kier alpha value is 1.10. The third-order valence-corrected chi connectivity index (χ3v) is 1.85. The number of hydrogen-bond acceptors (Lipinski definition) is 0. The van der Waals surface area contributed by atoms with Crippen molar-refractivity contribution in [2.24, 2.45) is 0 Å². The Morgan fingerprint density at radius 1 is 0.833 bits per heavy atom. The molecule has 0 bridgehead atoms. The van der Waals surface area contributed by atoms with Crippen LogP contribution in [0, 0.1) is 6.92 Å². The van der Waals surface area contributed by atoms with Gasteiger partial charge in [0.25, 0.3) is 0 Å². The largest absolute Gasteiger partial charge is 1.00 e. The van der Waals surface area contributed by atoms with Crippen molar-refractivity contribution in [1.29, 1.82) is 0 Å². The zero-order chi connectivity index (χ0) is 7.66. The van der Waals surface area contributed by atoms with Gasteiger partial charge in [-0.15, -0.1) is 0 Å². The van der Waals surface area contributed by atoms with Crippen LogP contribution in [0.15, 0.2) is 0 Å². The maximum atomic E-state index is 3.82. The van der Waals surface area contributed by atoms with Crippen LogP contribution in [0.25, 0.3) is 0 Å². The summed E-state index contributed by atoms with van der Waals surface area (Å²) < 4.78 is 0. The van der Waals surface area contributed by atoms with Crippen LogP contribution < -0.4 is 17.0 Å². The normalized spacial score (nSPS) is 8.50. The van der Waals surface area contributed by atoms with Crippen molar-refractivity contribution in [1.82, 2.24) is 0 Å². The summed E-state index contributed by atoms with van der Waals surface area (Å²) in [5.41, 5.74) is 0. The number of rotatable bonds is 7. The van der Waals surface area contributed by atoms with Gasteiger partial charge in [-0.2, -0.15) is 0 Å². The van der Waals surface area contributed by atoms with Crippen LogP contribution in [-0.2, 0) is 19.5 Å². The van der Waals surface area contributed by atoms with Gasteiger partial charge in [0.15, 0.2) is 0 Å². The fourth-order valence-corrected chi connectivity index (χ4v) is 1.13. The van der Waals surface area contributed by atoms with E-state index in [0.717, 1.165) is 6.42 Å². The molecule has 0 fully saturated rings. The van der Waals surface area contributed by atoms with E-state index >= 15 is 0 Å². The maximum absolute atomic E-state index is 3.82. The van der Waals surface area contributed by atoms with Gasteiger partial charge in [0, 0.05) is 19.5 Å². The van der Waals surface area contributed by atoms with Crippen LogP contribution >= 0.6 is 0 Å². The van der Waals surface area contributed by atoms with E-state index in [1.807, 2.05) is 0 Å². The van der Waals surface area contributed by atoms with Gasteiger partial charge >= 0.3 is 0 Å². The number of hydrogen-bond donors (Lipinski definition) is 0. The molecule has 1 radical (unpaired) electrons. The summed E-state index contributed by atoms with van der Waals surface area (Å²) in [6.07, 6.45) is 10.9. The van der Waals surface area contributed by atoms with Crippen LogP contribution in [0.4, 0.5) is 0 Å². The van der Waals surface area contributed by atoms with E-state index < -0.39 is 0 Å². The Balaban J connectivity index is -0.000000405. The molecule has 12 heavy (non-hydrogen) atoms. The first-order chi connectivity index (χ1) is 4.91. The topological polar surface area (TPSA) is 0 Å². The Labute approximate surface area is 101 Å². The smallest absolute Gasteiger partial charge is 0 e. The Kier molecular flexibility index (Phi) is 28.2. The van der Waals surface area contributed by atoms with Crippen LogP contribution in [0.3, 0.4) is 0 Å². The van der Waals surface area contributed by atoms with E-state index in [2.05, 4.69) is 13.8 Å². The van der Waals surface area contributed by atoms with Crippen LogP contribution in [0.1, 0.15) is 58.3 Å². The minimum atomic E-state index is 0. The molecule has 0 aromatic carbocycles. The summed E-state index contributed by atoms with van der Waals surface area (Å²) in [6.45, 7) is 6.08. The molecule has 0 spiro atoms. The summed E-state index contributed by atoms with van der Waals surface area (Å²) in [6, 6.07) is 0. The molecule has 0 atom stereocenters. The van der Waals surface area contributed by atoms with Crippen molar-refractivity contribution < 1.29 is 36.5 Å². The molecule has 2 heteroatoms. The van der Waals surface area contributed by atoms with Gasteiger partial charge in [-0.3, -0.25) is 0 Å². The molecule has 0 aromatic rings. The van der Waals surface area contributed by atoms with Crippen molar-refractivity contribution in [3.05, 3.63) is 6.92 Å². The molecule has 0 aliphatic heterocycles. The average Bonchev–Trinajstić information content (AvgIpc) is 1.97. The SMILES string of the molecule is [Br-].[CH2]CCCCCCCCC.[Zn]. The van der Waals surface area contributed by atoms with Gasteiger partial charge in [0.1, 0.15) is 0 Å². The fraction of sp³-hybridized carbons (Fsp3) is 0.900. The molecule has 0 rings (SSSR count). The molecule has 0 aliphatic rings. The second-order valence-electron chi connectivity index (χ2n) is 2.97.